The van der Waals surface area contributed by atoms with Gasteiger partial charge in [-0.2, -0.15) is 0 Å². The minimum Gasteiger partial charge on any atom is -0.327 e. The number of nitrogens with two attached hydrogens (primary N) is 1. The molecule has 1 nitrogen and oxygen atoms in total. The first-order chi connectivity index (χ1) is 6.59. The number of thioether (sulfide) groups is 1. The van der Waals surface area contributed by atoms with Crippen LogP contribution in [0.15, 0.2) is 23.1 Å². The quantitative estimate of drug-likeness (QED) is 0.773. The lowest BCUT2D eigenvalue weighted by Crippen LogP contribution is -2.28. The van der Waals surface area contributed by atoms with E-state index < -0.39 is 0 Å². The van der Waals surface area contributed by atoms with Gasteiger partial charge in [-0.05, 0) is 30.7 Å². The molecule has 3 heteroatoms. The first-order valence-corrected chi connectivity index (χ1v) is 5.69. The van der Waals surface area contributed by atoms with Crippen molar-refractivity contribution in [3.63, 3.8) is 0 Å². The summed E-state index contributed by atoms with van der Waals surface area (Å²) in [6.07, 6.45) is 0. The van der Waals surface area contributed by atoms with Crippen molar-refractivity contribution in [2.45, 2.75) is 36.0 Å². The molecule has 0 radical (unpaired) electrons. The second-order valence-corrected chi connectivity index (χ2v) is 5.31. The Morgan fingerprint density at radius 1 is 1.50 bits per heavy atom. The lowest BCUT2D eigenvalue weighted by Gasteiger charge is -2.19. The smallest absolute Gasteiger partial charge is 0.123 e. The first kappa shape index (κ1) is 9.99. The molecule has 0 saturated heterocycles. The molecule has 1 aliphatic rings. The molecule has 0 bridgehead atoms. The number of fused-ring (bicyclic) bond motifs is 1. The zero-order valence-electron chi connectivity index (χ0n) is 8.33. The van der Waals surface area contributed by atoms with Crippen LogP contribution in [0.3, 0.4) is 0 Å². The maximum atomic E-state index is 13.1. The van der Waals surface area contributed by atoms with Crippen LogP contribution in [0.5, 0.6) is 0 Å². The summed E-state index contributed by atoms with van der Waals surface area (Å²) in [5.41, 5.74) is 7.00. The molecule has 1 aliphatic heterocycles. The van der Waals surface area contributed by atoms with Crippen LogP contribution in [0, 0.1) is 5.82 Å². The molecule has 2 rings (SSSR count). The minimum absolute atomic E-state index is 0.0838. The zero-order chi connectivity index (χ0) is 10.3. The summed E-state index contributed by atoms with van der Waals surface area (Å²) in [5, 5.41) is 0.451. The highest BCUT2D eigenvalue weighted by Gasteiger charge is 2.32. The SMILES string of the molecule is CC(N)C1c2cc(F)ccc2SC1C. The number of hydrogen-bond donors (Lipinski definition) is 1. The minimum atomic E-state index is -0.163. The van der Waals surface area contributed by atoms with Gasteiger partial charge in [0.25, 0.3) is 0 Å². The van der Waals surface area contributed by atoms with E-state index in [9.17, 15) is 4.39 Å². The van der Waals surface area contributed by atoms with Gasteiger partial charge in [0.2, 0.25) is 0 Å². The van der Waals surface area contributed by atoms with Gasteiger partial charge >= 0.3 is 0 Å². The molecule has 0 amide bonds. The van der Waals surface area contributed by atoms with E-state index in [0.29, 0.717) is 5.25 Å². The van der Waals surface area contributed by atoms with Gasteiger partial charge in [0.05, 0.1) is 0 Å². The molecule has 76 valence electrons. The normalized spacial score (nSPS) is 27.4. The van der Waals surface area contributed by atoms with Gasteiger partial charge < -0.3 is 5.73 Å². The lowest BCUT2D eigenvalue weighted by atomic mass is 9.90. The van der Waals surface area contributed by atoms with Crippen LogP contribution in [0.4, 0.5) is 4.39 Å². The molecule has 0 aromatic heterocycles. The fraction of sp³-hybridized carbons (Fsp3) is 0.455. The monoisotopic (exact) mass is 211 g/mol. The number of halogens is 1. The van der Waals surface area contributed by atoms with E-state index in [4.69, 9.17) is 5.73 Å². The Hall–Kier alpha value is -0.540. The van der Waals surface area contributed by atoms with E-state index in [-0.39, 0.29) is 17.8 Å². The summed E-state index contributed by atoms with van der Waals surface area (Å²) in [6.45, 7) is 4.14. The van der Waals surface area contributed by atoms with Gasteiger partial charge in [-0.15, -0.1) is 11.8 Å². The van der Waals surface area contributed by atoms with Crippen molar-refractivity contribution in [2.24, 2.45) is 5.73 Å². The molecule has 14 heavy (non-hydrogen) atoms. The van der Waals surface area contributed by atoms with Gasteiger partial charge in [0.15, 0.2) is 0 Å². The van der Waals surface area contributed by atoms with E-state index in [2.05, 4.69) is 6.92 Å². The Balaban J connectivity index is 2.44. The maximum absolute atomic E-state index is 13.1. The fourth-order valence-corrected chi connectivity index (χ4v) is 3.54. The standard InChI is InChI=1S/C11H14FNS/c1-6(13)11-7(2)14-10-4-3-8(12)5-9(10)11/h3-7,11H,13H2,1-2H3. The van der Waals surface area contributed by atoms with E-state index in [1.165, 1.54) is 11.0 Å². The van der Waals surface area contributed by atoms with Crippen molar-refractivity contribution in [2.75, 3.05) is 0 Å². The number of benzene rings is 1. The average Bonchev–Trinajstić information content (AvgIpc) is 2.40. The van der Waals surface area contributed by atoms with Crippen molar-refractivity contribution >= 4 is 11.8 Å². The largest absolute Gasteiger partial charge is 0.327 e. The molecule has 2 N–H and O–H groups in total. The Morgan fingerprint density at radius 2 is 2.21 bits per heavy atom. The average molecular weight is 211 g/mol. The third-order valence-electron chi connectivity index (χ3n) is 2.72. The molecular formula is C11H14FNS. The van der Waals surface area contributed by atoms with Crippen LogP contribution in [0.2, 0.25) is 0 Å². The van der Waals surface area contributed by atoms with Crippen molar-refractivity contribution in [3.05, 3.63) is 29.6 Å². The molecule has 3 unspecified atom stereocenters. The Kier molecular flexibility index (Phi) is 2.54. The fourth-order valence-electron chi connectivity index (χ4n) is 2.12. The maximum Gasteiger partial charge on any atom is 0.123 e. The molecule has 0 fully saturated rings. The lowest BCUT2D eigenvalue weighted by molar-refractivity contribution is 0.559. The summed E-state index contributed by atoms with van der Waals surface area (Å²) in [5.74, 6) is 0.120. The summed E-state index contributed by atoms with van der Waals surface area (Å²) in [7, 11) is 0. The van der Waals surface area contributed by atoms with Gasteiger partial charge in [0.1, 0.15) is 5.82 Å². The predicted octanol–water partition coefficient (Wildman–Crippen LogP) is 2.75. The Bertz CT molecular complexity index is 351. The summed E-state index contributed by atoms with van der Waals surface area (Å²) in [6, 6.07) is 5.08. The van der Waals surface area contributed by atoms with Gasteiger partial charge in [-0.3, -0.25) is 0 Å². The first-order valence-electron chi connectivity index (χ1n) is 4.81. The van der Waals surface area contributed by atoms with Crippen LogP contribution in [0.25, 0.3) is 0 Å². The van der Waals surface area contributed by atoms with E-state index in [0.717, 1.165) is 5.56 Å². The van der Waals surface area contributed by atoms with Gasteiger partial charge in [-0.1, -0.05) is 6.92 Å². The van der Waals surface area contributed by atoms with Crippen LogP contribution < -0.4 is 5.73 Å². The van der Waals surface area contributed by atoms with Crippen molar-refractivity contribution in [1.82, 2.24) is 0 Å². The Morgan fingerprint density at radius 3 is 2.86 bits per heavy atom. The van der Waals surface area contributed by atoms with Crippen LogP contribution in [-0.4, -0.2) is 11.3 Å². The predicted molar refractivity (Wildman–Crippen MR) is 58.1 cm³/mol. The van der Waals surface area contributed by atoms with E-state index >= 15 is 0 Å². The highest BCUT2D eigenvalue weighted by molar-refractivity contribution is 8.00. The van der Waals surface area contributed by atoms with Crippen LogP contribution >= 0.6 is 11.8 Å². The molecule has 0 spiro atoms. The van der Waals surface area contributed by atoms with Crippen molar-refractivity contribution in [3.8, 4) is 0 Å². The number of rotatable bonds is 1. The molecule has 0 saturated carbocycles. The third-order valence-corrected chi connectivity index (χ3v) is 4.01. The second kappa shape index (κ2) is 3.55. The van der Waals surface area contributed by atoms with E-state index in [1.54, 1.807) is 17.8 Å². The summed E-state index contributed by atoms with van der Waals surface area (Å²) < 4.78 is 13.1. The van der Waals surface area contributed by atoms with E-state index in [1.807, 2.05) is 13.0 Å². The molecule has 1 heterocycles. The Labute approximate surface area is 87.9 Å². The topological polar surface area (TPSA) is 26.0 Å². The highest BCUT2D eigenvalue weighted by atomic mass is 32.2. The highest BCUT2D eigenvalue weighted by Crippen LogP contribution is 2.46. The second-order valence-electron chi connectivity index (χ2n) is 3.89. The van der Waals surface area contributed by atoms with Crippen LogP contribution in [-0.2, 0) is 0 Å². The zero-order valence-corrected chi connectivity index (χ0v) is 9.14. The summed E-state index contributed by atoms with van der Waals surface area (Å²) >= 11 is 1.79. The molecule has 1 aromatic carbocycles. The molecular weight excluding hydrogens is 197 g/mol. The molecule has 1 aromatic rings. The van der Waals surface area contributed by atoms with Crippen molar-refractivity contribution < 1.29 is 4.39 Å². The van der Waals surface area contributed by atoms with Crippen molar-refractivity contribution in [1.29, 1.82) is 0 Å². The van der Waals surface area contributed by atoms with Gasteiger partial charge in [0, 0.05) is 22.1 Å². The van der Waals surface area contributed by atoms with Gasteiger partial charge in [-0.25, -0.2) is 4.39 Å². The summed E-state index contributed by atoms with van der Waals surface area (Å²) in [4.78, 5) is 1.18. The molecule has 3 atom stereocenters. The third kappa shape index (κ3) is 1.55. The molecule has 0 aliphatic carbocycles. The van der Waals surface area contributed by atoms with Crippen LogP contribution in [0.1, 0.15) is 25.3 Å². The number of hydrogen-bond acceptors (Lipinski definition) is 2.